The zero-order valence-electron chi connectivity index (χ0n) is 11.0. The van der Waals surface area contributed by atoms with E-state index in [0.717, 1.165) is 18.8 Å². The van der Waals surface area contributed by atoms with Crippen molar-refractivity contribution < 1.29 is 9.53 Å². The van der Waals surface area contributed by atoms with Gasteiger partial charge in [0.1, 0.15) is 6.10 Å². The molecule has 3 rings (SSSR count). The van der Waals surface area contributed by atoms with Crippen LogP contribution in [0, 0.1) is 23.7 Å². The minimum atomic E-state index is 0.0295. The summed E-state index contributed by atoms with van der Waals surface area (Å²) in [4.78, 5) is 11.7. The van der Waals surface area contributed by atoms with E-state index in [1.54, 1.807) is 11.1 Å². The van der Waals surface area contributed by atoms with Gasteiger partial charge in [0.05, 0.1) is 5.92 Å². The molecule has 1 saturated heterocycles. The highest BCUT2D eigenvalue weighted by Crippen LogP contribution is 2.49. The number of hydrogen-bond acceptors (Lipinski definition) is 2. The van der Waals surface area contributed by atoms with Gasteiger partial charge >= 0.3 is 5.97 Å². The van der Waals surface area contributed by atoms with Crippen molar-refractivity contribution in [3.05, 3.63) is 11.1 Å². The average molecular weight is 234 g/mol. The van der Waals surface area contributed by atoms with Gasteiger partial charge in [0, 0.05) is 5.92 Å². The first-order valence-electron chi connectivity index (χ1n) is 6.97. The summed E-state index contributed by atoms with van der Waals surface area (Å²) in [5.74, 6) is 2.02. The van der Waals surface area contributed by atoms with E-state index in [0.29, 0.717) is 11.8 Å². The molecular formula is C15H22O2. The van der Waals surface area contributed by atoms with Gasteiger partial charge in [-0.15, -0.1) is 0 Å². The van der Waals surface area contributed by atoms with Crippen molar-refractivity contribution in [1.82, 2.24) is 0 Å². The Kier molecular flexibility index (Phi) is 2.57. The second-order valence-electron chi connectivity index (χ2n) is 6.30. The van der Waals surface area contributed by atoms with Crippen LogP contribution >= 0.6 is 0 Å². The zero-order valence-corrected chi connectivity index (χ0v) is 11.0. The molecule has 0 bridgehead atoms. The number of ether oxygens (including phenoxy) is 1. The molecule has 2 heteroatoms. The largest absolute Gasteiger partial charge is 0.462 e. The fraction of sp³-hybridized carbons (Fsp3) is 0.800. The molecule has 2 fully saturated rings. The van der Waals surface area contributed by atoms with Crippen molar-refractivity contribution in [3.63, 3.8) is 0 Å². The predicted molar refractivity (Wildman–Crippen MR) is 66.4 cm³/mol. The SMILES string of the molecule is CC1=C2C[C@H]3[C@@H](C[C@H](C)[C@@H]2CC1)OC(=O)[C@@H]3C. The van der Waals surface area contributed by atoms with Crippen LogP contribution in [0.4, 0.5) is 0 Å². The minimum Gasteiger partial charge on any atom is -0.462 e. The van der Waals surface area contributed by atoms with E-state index in [9.17, 15) is 4.79 Å². The third kappa shape index (κ3) is 1.64. The van der Waals surface area contributed by atoms with Crippen LogP contribution in [0.3, 0.4) is 0 Å². The Hall–Kier alpha value is -0.790. The molecule has 1 aliphatic heterocycles. The van der Waals surface area contributed by atoms with Crippen LogP contribution in [-0.2, 0) is 9.53 Å². The lowest BCUT2D eigenvalue weighted by molar-refractivity contribution is -0.144. The Morgan fingerprint density at radius 3 is 2.82 bits per heavy atom. The molecule has 0 unspecified atom stereocenters. The maximum atomic E-state index is 11.7. The molecule has 0 aromatic carbocycles. The third-order valence-electron chi connectivity index (χ3n) is 5.33. The first-order chi connectivity index (χ1) is 8.08. The predicted octanol–water partition coefficient (Wildman–Crippen LogP) is 3.32. The first kappa shape index (κ1) is 11.3. The van der Waals surface area contributed by atoms with Gasteiger partial charge in [0.25, 0.3) is 0 Å². The van der Waals surface area contributed by atoms with Crippen LogP contribution in [0.5, 0.6) is 0 Å². The van der Waals surface area contributed by atoms with Crippen LogP contribution in [0.25, 0.3) is 0 Å². The third-order valence-corrected chi connectivity index (χ3v) is 5.33. The number of rotatable bonds is 0. The fourth-order valence-corrected chi connectivity index (χ4v) is 4.13. The molecular weight excluding hydrogens is 212 g/mol. The molecule has 17 heavy (non-hydrogen) atoms. The van der Waals surface area contributed by atoms with Crippen LogP contribution in [0.1, 0.15) is 46.5 Å². The van der Waals surface area contributed by atoms with Gasteiger partial charge in [0.15, 0.2) is 0 Å². The normalized spacial score (nSPS) is 45.4. The Morgan fingerprint density at radius 1 is 1.29 bits per heavy atom. The molecule has 2 aliphatic carbocycles. The summed E-state index contributed by atoms with van der Waals surface area (Å²) in [6.45, 7) is 6.66. The number of fused-ring (bicyclic) bond motifs is 2. The highest BCUT2D eigenvalue weighted by molar-refractivity contribution is 5.75. The lowest BCUT2D eigenvalue weighted by Crippen LogP contribution is -2.19. The van der Waals surface area contributed by atoms with Gasteiger partial charge in [-0.3, -0.25) is 4.79 Å². The van der Waals surface area contributed by atoms with E-state index in [2.05, 4.69) is 13.8 Å². The molecule has 0 N–H and O–H groups in total. The van der Waals surface area contributed by atoms with Crippen LogP contribution < -0.4 is 0 Å². The number of carbonyl (C=O) groups is 1. The summed E-state index contributed by atoms with van der Waals surface area (Å²) >= 11 is 0. The molecule has 94 valence electrons. The van der Waals surface area contributed by atoms with E-state index in [-0.39, 0.29) is 18.0 Å². The van der Waals surface area contributed by atoms with Gasteiger partial charge in [-0.05, 0) is 44.4 Å². The lowest BCUT2D eigenvalue weighted by Gasteiger charge is -2.20. The lowest BCUT2D eigenvalue weighted by atomic mass is 9.85. The van der Waals surface area contributed by atoms with Crippen molar-refractivity contribution in [1.29, 1.82) is 0 Å². The van der Waals surface area contributed by atoms with Gasteiger partial charge in [-0.2, -0.15) is 0 Å². The summed E-state index contributed by atoms with van der Waals surface area (Å²) in [6.07, 6.45) is 4.97. The van der Waals surface area contributed by atoms with E-state index in [1.807, 2.05) is 6.92 Å². The van der Waals surface area contributed by atoms with Gasteiger partial charge in [0.2, 0.25) is 0 Å². The number of allylic oxidation sites excluding steroid dienone is 2. The summed E-state index contributed by atoms with van der Waals surface area (Å²) in [5.41, 5.74) is 3.25. The highest BCUT2D eigenvalue weighted by Gasteiger charge is 2.47. The van der Waals surface area contributed by atoms with E-state index < -0.39 is 0 Å². The Balaban J connectivity index is 1.93. The summed E-state index contributed by atoms with van der Waals surface area (Å²) in [5, 5.41) is 0. The van der Waals surface area contributed by atoms with Crippen molar-refractivity contribution in [2.24, 2.45) is 23.7 Å². The standard InChI is InChI=1S/C15H22O2/c1-8-4-5-11-9(2)6-14-13(7-12(8)11)10(3)15(16)17-14/h9-11,13-14H,4-7H2,1-3H3/t9-,10+,11-,13+,14+/m0/s1. The van der Waals surface area contributed by atoms with Gasteiger partial charge < -0.3 is 4.74 Å². The van der Waals surface area contributed by atoms with Crippen LogP contribution in [0.15, 0.2) is 11.1 Å². The Morgan fingerprint density at radius 2 is 2.06 bits per heavy atom. The smallest absolute Gasteiger partial charge is 0.309 e. The molecule has 0 amide bonds. The second-order valence-corrected chi connectivity index (χ2v) is 6.30. The number of esters is 1. The van der Waals surface area contributed by atoms with Crippen LogP contribution in [0.2, 0.25) is 0 Å². The molecule has 5 atom stereocenters. The second kappa shape index (κ2) is 3.86. The number of hydrogen-bond donors (Lipinski definition) is 0. The van der Waals surface area contributed by atoms with E-state index in [4.69, 9.17) is 4.74 Å². The first-order valence-corrected chi connectivity index (χ1v) is 6.97. The molecule has 0 aromatic heterocycles. The van der Waals surface area contributed by atoms with Crippen molar-refractivity contribution >= 4 is 5.97 Å². The topological polar surface area (TPSA) is 26.3 Å². The molecule has 3 aliphatic rings. The van der Waals surface area contributed by atoms with E-state index >= 15 is 0 Å². The highest BCUT2D eigenvalue weighted by atomic mass is 16.6. The zero-order chi connectivity index (χ0) is 12.2. The fourth-order valence-electron chi connectivity index (χ4n) is 4.13. The number of carbonyl (C=O) groups excluding carboxylic acids is 1. The Bertz CT molecular complexity index is 382. The van der Waals surface area contributed by atoms with Crippen LogP contribution in [-0.4, -0.2) is 12.1 Å². The monoisotopic (exact) mass is 234 g/mol. The maximum Gasteiger partial charge on any atom is 0.309 e. The van der Waals surface area contributed by atoms with Crippen molar-refractivity contribution in [2.45, 2.75) is 52.6 Å². The molecule has 1 saturated carbocycles. The van der Waals surface area contributed by atoms with E-state index in [1.165, 1.54) is 12.8 Å². The molecule has 1 heterocycles. The molecule has 0 aromatic rings. The molecule has 2 nitrogen and oxygen atoms in total. The minimum absolute atomic E-state index is 0.0295. The van der Waals surface area contributed by atoms with Gasteiger partial charge in [-0.25, -0.2) is 0 Å². The van der Waals surface area contributed by atoms with Crippen molar-refractivity contribution in [3.8, 4) is 0 Å². The molecule has 0 spiro atoms. The van der Waals surface area contributed by atoms with Crippen molar-refractivity contribution in [2.75, 3.05) is 0 Å². The quantitative estimate of drug-likeness (QED) is 0.475. The Labute approximate surface area is 103 Å². The summed E-state index contributed by atoms with van der Waals surface area (Å²) in [7, 11) is 0. The summed E-state index contributed by atoms with van der Waals surface area (Å²) < 4.78 is 5.57. The van der Waals surface area contributed by atoms with Gasteiger partial charge in [-0.1, -0.05) is 25.0 Å². The molecule has 0 radical (unpaired) electrons. The maximum absolute atomic E-state index is 11.7. The summed E-state index contributed by atoms with van der Waals surface area (Å²) in [6, 6.07) is 0. The average Bonchev–Trinajstić information content (AvgIpc) is 2.71.